The second-order valence-electron chi connectivity index (χ2n) is 4.87. The van der Waals surface area contributed by atoms with E-state index in [0.717, 1.165) is 37.2 Å². The van der Waals surface area contributed by atoms with Gasteiger partial charge in [-0.2, -0.15) is 0 Å². The largest absolute Gasteiger partial charge is 0.345 e. The molecule has 2 rings (SSSR count). The van der Waals surface area contributed by atoms with E-state index in [0.29, 0.717) is 0 Å². The first-order valence-electron chi connectivity index (χ1n) is 6.08. The molecule has 0 saturated carbocycles. The molecule has 1 fully saturated rings. The van der Waals surface area contributed by atoms with Gasteiger partial charge in [-0.1, -0.05) is 0 Å². The number of hydrogen-bond acceptors (Lipinski definition) is 3. The maximum Gasteiger partial charge on any atom is 0.205 e. The highest BCUT2D eigenvalue weighted by atomic mass is 15.3. The topological polar surface area (TPSA) is 33.1 Å². The Balaban J connectivity index is 1.96. The van der Waals surface area contributed by atoms with Crippen molar-refractivity contribution in [2.75, 3.05) is 31.6 Å². The minimum atomic E-state index is 0.809. The van der Waals surface area contributed by atoms with Crippen molar-refractivity contribution in [1.29, 1.82) is 0 Å². The van der Waals surface area contributed by atoms with Crippen molar-refractivity contribution < 1.29 is 0 Å². The van der Waals surface area contributed by atoms with Crippen LogP contribution in [0.15, 0.2) is 6.20 Å². The van der Waals surface area contributed by atoms with Gasteiger partial charge in [0, 0.05) is 26.8 Å². The molecule has 1 aliphatic heterocycles. The maximum atomic E-state index is 4.55. The lowest BCUT2D eigenvalue weighted by Crippen LogP contribution is -2.35. The highest BCUT2D eigenvalue weighted by Gasteiger charge is 2.17. The summed E-state index contributed by atoms with van der Waals surface area (Å²) in [6, 6.07) is 0. The van der Waals surface area contributed by atoms with Crippen molar-refractivity contribution in [1.82, 2.24) is 14.9 Å². The Hall–Kier alpha value is -1.03. The van der Waals surface area contributed by atoms with Gasteiger partial charge in [0.05, 0.1) is 5.69 Å². The number of imidazole rings is 1. The molecule has 0 aromatic carbocycles. The molecule has 0 atom stereocenters. The van der Waals surface area contributed by atoms with E-state index in [2.05, 4.69) is 40.1 Å². The lowest BCUT2D eigenvalue weighted by atomic mass is 9.98. The standard InChI is InChI=1S/C12H22N4/c1-10-8-15(2)12(14-10)16(3)9-11-4-6-13-7-5-11/h8,11,13H,4-7,9H2,1-3H3. The molecular weight excluding hydrogens is 200 g/mol. The van der Waals surface area contributed by atoms with Gasteiger partial charge in [0.25, 0.3) is 0 Å². The van der Waals surface area contributed by atoms with E-state index in [1.165, 1.54) is 12.8 Å². The molecule has 1 N–H and O–H groups in total. The molecule has 0 radical (unpaired) electrons. The Morgan fingerprint density at radius 1 is 1.50 bits per heavy atom. The number of nitrogens with zero attached hydrogens (tertiary/aromatic N) is 3. The van der Waals surface area contributed by atoms with Crippen LogP contribution in [0.2, 0.25) is 0 Å². The lowest BCUT2D eigenvalue weighted by Gasteiger charge is -2.28. The molecular formula is C12H22N4. The predicted octanol–water partition coefficient (Wildman–Crippen LogP) is 1.16. The van der Waals surface area contributed by atoms with Crippen molar-refractivity contribution >= 4 is 5.95 Å². The molecule has 90 valence electrons. The van der Waals surface area contributed by atoms with Crippen molar-refractivity contribution in [2.45, 2.75) is 19.8 Å². The third-order valence-corrected chi connectivity index (χ3v) is 3.30. The second kappa shape index (κ2) is 4.87. The summed E-state index contributed by atoms with van der Waals surface area (Å²) in [5, 5.41) is 3.40. The Morgan fingerprint density at radius 3 is 2.75 bits per heavy atom. The van der Waals surface area contributed by atoms with E-state index < -0.39 is 0 Å². The molecule has 1 saturated heterocycles. The van der Waals surface area contributed by atoms with E-state index in [1.54, 1.807) is 0 Å². The van der Waals surface area contributed by atoms with Crippen LogP contribution < -0.4 is 10.2 Å². The Kier molecular flexibility index (Phi) is 3.49. The van der Waals surface area contributed by atoms with Crippen molar-refractivity contribution in [3.05, 3.63) is 11.9 Å². The van der Waals surface area contributed by atoms with Gasteiger partial charge in [-0.3, -0.25) is 0 Å². The molecule has 4 nitrogen and oxygen atoms in total. The van der Waals surface area contributed by atoms with Gasteiger partial charge in [-0.15, -0.1) is 0 Å². The number of hydrogen-bond donors (Lipinski definition) is 1. The number of piperidine rings is 1. The fourth-order valence-electron chi connectivity index (χ4n) is 2.49. The number of anilines is 1. The average molecular weight is 222 g/mol. The monoisotopic (exact) mass is 222 g/mol. The van der Waals surface area contributed by atoms with Gasteiger partial charge >= 0.3 is 0 Å². The maximum absolute atomic E-state index is 4.55. The van der Waals surface area contributed by atoms with Crippen LogP contribution in [0, 0.1) is 12.8 Å². The number of rotatable bonds is 3. The van der Waals surface area contributed by atoms with Gasteiger partial charge in [0.1, 0.15) is 0 Å². The fourth-order valence-corrected chi connectivity index (χ4v) is 2.49. The van der Waals surface area contributed by atoms with Gasteiger partial charge in [0.15, 0.2) is 0 Å². The number of aryl methyl sites for hydroxylation is 2. The summed E-state index contributed by atoms with van der Waals surface area (Å²) in [5.74, 6) is 1.89. The Morgan fingerprint density at radius 2 is 2.19 bits per heavy atom. The summed E-state index contributed by atoms with van der Waals surface area (Å²) < 4.78 is 2.11. The van der Waals surface area contributed by atoms with Crippen molar-refractivity contribution in [2.24, 2.45) is 13.0 Å². The van der Waals surface area contributed by atoms with Crippen LogP contribution in [0.1, 0.15) is 18.5 Å². The van der Waals surface area contributed by atoms with E-state index in [1.807, 2.05) is 6.92 Å². The quantitative estimate of drug-likeness (QED) is 0.833. The zero-order chi connectivity index (χ0) is 11.5. The third kappa shape index (κ3) is 2.55. The van der Waals surface area contributed by atoms with Gasteiger partial charge in [-0.05, 0) is 38.8 Å². The molecule has 0 spiro atoms. The molecule has 0 aliphatic carbocycles. The second-order valence-corrected chi connectivity index (χ2v) is 4.87. The first kappa shape index (κ1) is 11.5. The van der Waals surface area contributed by atoms with E-state index in [4.69, 9.17) is 0 Å². The average Bonchev–Trinajstić information content (AvgIpc) is 2.59. The lowest BCUT2D eigenvalue weighted by molar-refractivity contribution is 0.376. The molecule has 1 aliphatic rings. The molecule has 1 aromatic rings. The van der Waals surface area contributed by atoms with Gasteiger partial charge < -0.3 is 14.8 Å². The van der Waals surface area contributed by atoms with E-state index in [-0.39, 0.29) is 0 Å². The van der Waals surface area contributed by atoms with E-state index in [9.17, 15) is 0 Å². The predicted molar refractivity (Wildman–Crippen MR) is 66.8 cm³/mol. The third-order valence-electron chi connectivity index (χ3n) is 3.30. The van der Waals surface area contributed by atoms with Gasteiger partial charge in [-0.25, -0.2) is 4.98 Å². The smallest absolute Gasteiger partial charge is 0.205 e. The minimum absolute atomic E-state index is 0.809. The highest BCUT2D eigenvalue weighted by molar-refractivity contribution is 5.31. The summed E-state index contributed by atoms with van der Waals surface area (Å²) in [5.41, 5.74) is 1.09. The van der Waals surface area contributed by atoms with Crippen LogP contribution in [0.25, 0.3) is 0 Å². The normalized spacial score (nSPS) is 17.7. The van der Waals surface area contributed by atoms with Crippen LogP contribution in [0.3, 0.4) is 0 Å². The molecule has 0 bridgehead atoms. The zero-order valence-corrected chi connectivity index (χ0v) is 10.5. The summed E-state index contributed by atoms with van der Waals surface area (Å²) in [7, 11) is 4.21. The summed E-state index contributed by atoms with van der Waals surface area (Å²) in [4.78, 5) is 6.83. The summed E-state index contributed by atoms with van der Waals surface area (Å²) in [6.45, 7) is 5.49. The molecule has 0 unspecified atom stereocenters. The first-order chi connectivity index (χ1) is 7.66. The van der Waals surface area contributed by atoms with E-state index >= 15 is 0 Å². The molecule has 1 aromatic heterocycles. The number of nitrogens with one attached hydrogen (secondary N) is 1. The van der Waals surface area contributed by atoms with Crippen LogP contribution in [0.4, 0.5) is 5.95 Å². The SMILES string of the molecule is Cc1cn(C)c(N(C)CC2CCNCC2)n1. The Bertz CT molecular complexity index is 339. The highest BCUT2D eigenvalue weighted by Crippen LogP contribution is 2.17. The Labute approximate surface area is 97.7 Å². The molecule has 4 heteroatoms. The van der Waals surface area contributed by atoms with Crippen LogP contribution in [-0.4, -0.2) is 36.2 Å². The van der Waals surface area contributed by atoms with Crippen molar-refractivity contribution in [3.8, 4) is 0 Å². The first-order valence-corrected chi connectivity index (χ1v) is 6.08. The zero-order valence-electron chi connectivity index (χ0n) is 10.5. The minimum Gasteiger partial charge on any atom is -0.345 e. The number of aromatic nitrogens is 2. The van der Waals surface area contributed by atoms with Gasteiger partial charge in [0.2, 0.25) is 5.95 Å². The van der Waals surface area contributed by atoms with Crippen LogP contribution in [0.5, 0.6) is 0 Å². The molecule has 2 heterocycles. The summed E-state index contributed by atoms with van der Waals surface area (Å²) in [6.07, 6.45) is 4.65. The summed E-state index contributed by atoms with van der Waals surface area (Å²) >= 11 is 0. The molecule has 0 amide bonds. The molecule has 16 heavy (non-hydrogen) atoms. The van der Waals surface area contributed by atoms with Crippen LogP contribution in [-0.2, 0) is 7.05 Å². The fraction of sp³-hybridized carbons (Fsp3) is 0.750. The van der Waals surface area contributed by atoms with Crippen LogP contribution >= 0.6 is 0 Å². The van der Waals surface area contributed by atoms with Crippen molar-refractivity contribution in [3.63, 3.8) is 0 Å².